The van der Waals surface area contributed by atoms with Gasteiger partial charge in [0.1, 0.15) is 0 Å². The Bertz CT molecular complexity index is 3760. The minimum Gasteiger partial charge on any atom is -0.0616 e. The molecule has 0 heteroatoms. The van der Waals surface area contributed by atoms with Gasteiger partial charge in [0.15, 0.2) is 0 Å². The predicted octanol–water partition coefficient (Wildman–Crippen LogP) is 16.5. The van der Waals surface area contributed by atoms with Crippen molar-refractivity contribution >= 4 is 86.2 Å². The molecule has 58 heavy (non-hydrogen) atoms. The molecule has 0 spiro atoms. The minimum atomic E-state index is 1.22. The summed E-state index contributed by atoms with van der Waals surface area (Å²) in [6, 6.07) is 77.4. The quantitative estimate of drug-likeness (QED) is 0.158. The molecule has 0 bridgehead atoms. The number of hydrogen-bond donors (Lipinski definition) is 0. The number of benzene rings is 13. The third kappa shape index (κ3) is 4.46. The second kappa shape index (κ2) is 12.0. The first-order valence-corrected chi connectivity index (χ1v) is 20.2. The van der Waals surface area contributed by atoms with Gasteiger partial charge in [0.25, 0.3) is 0 Å². The fourth-order valence-electron chi connectivity index (χ4n) is 10.4. The molecule has 0 radical (unpaired) electrons. The Morgan fingerprint density at radius 3 is 1.22 bits per heavy atom. The van der Waals surface area contributed by atoms with E-state index in [1.54, 1.807) is 0 Å². The summed E-state index contributed by atoms with van der Waals surface area (Å²) in [5, 5.41) is 20.7. The molecule has 0 aliphatic heterocycles. The molecule has 13 rings (SSSR count). The smallest absolute Gasteiger partial charge is 0.00204 e. The Morgan fingerprint density at radius 1 is 0.190 bits per heavy atom. The molecule has 0 saturated carbocycles. The Labute approximate surface area is 335 Å². The summed E-state index contributed by atoms with van der Waals surface area (Å²) >= 11 is 0. The van der Waals surface area contributed by atoms with Crippen LogP contribution in [0.5, 0.6) is 0 Å². The summed E-state index contributed by atoms with van der Waals surface area (Å²) in [6.45, 7) is 0. The maximum absolute atomic E-state index is 2.38. The number of hydrogen-bond acceptors (Lipinski definition) is 0. The molecular formula is C58H34. The number of rotatable bonds is 4. The maximum atomic E-state index is 2.38. The van der Waals surface area contributed by atoms with E-state index in [0.29, 0.717) is 0 Å². The number of fused-ring (bicyclic) bond motifs is 2. The Hall–Kier alpha value is -7.54. The fourth-order valence-corrected chi connectivity index (χ4v) is 10.4. The Balaban J connectivity index is 1.10. The zero-order valence-electron chi connectivity index (χ0n) is 31.6. The van der Waals surface area contributed by atoms with Gasteiger partial charge in [-0.3, -0.25) is 0 Å². The van der Waals surface area contributed by atoms with Crippen LogP contribution in [0, 0.1) is 0 Å². The molecule has 0 unspecified atom stereocenters. The van der Waals surface area contributed by atoms with Crippen molar-refractivity contribution in [3.05, 3.63) is 206 Å². The van der Waals surface area contributed by atoms with E-state index < -0.39 is 0 Å². The van der Waals surface area contributed by atoms with Crippen molar-refractivity contribution in [1.82, 2.24) is 0 Å². The summed E-state index contributed by atoms with van der Waals surface area (Å²) in [5.74, 6) is 0. The molecule has 0 N–H and O–H groups in total. The highest BCUT2D eigenvalue weighted by Crippen LogP contribution is 2.49. The lowest BCUT2D eigenvalue weighted by Gasteiger charge is -2.21. The first-order valence-electron chi connectivity index (χ1n) is 20.2. The zero-order chi connectivity index (χ0) is 37.9. The van der Waals surface area contributed by atoms with Gasteiger partial charge >= 0.3 is 0 Å². The molecule has 0 aromatic heterocycles. The van der Waals surface area contributed by atoms with Gasteiger partial charge in [0.2, 0.25) is 0 Å². The molecule has 0 aliphatic rings. The van der Waals surface area contributed by atoms with Crippen molar-refractivity contribution in [2.75, 3.05) is 0 Å². The second-order valence-electron chi connectivity index (χ2n) is 15.9. The predicted molar refractivity (Wildman–Crippen MR) is 251 cm³/mol. The van der Waals surface area contributed by atoms with Gasteiger partial charge in [-0.05, 0) is 137 Å². The van der Waals surface area contributed by atoms with Crippen molar-refractivity contribution in [3.8, 4) is 44.5 Å². The molecule has 266 valence electrons. The molecule has 0 aliphatic carbocycles. The second-order valence-corrected chi connectivity index (χ2v) is 15.9. The van der Waals surface area contributed by atoms with E-state index >= 15 is 0 Å². The third-order valence-corrected chi connectivity index (χ3v) is 13.0. The van der Waals surface area contributed by atoms with E-state index in [0.717, 1.165) is 0 Å². The average molecular weight is 731 g/mol. The van der Waals surface area contributed by atoms with Gasteiger partial charge < -0.3 is 0 Å². The van der Waals surface area contributed by atoms with Crippen LogP contribution in [0.15, 0.2) is 206 Å². The average Bonchev–Trinajstić information content (AvgIpc) is 3.29. The SMILES string of the molecule is c1cc(-c2ccc3ccccc3c2)c(-c2ccc3ccc4cccc5ccc2c3c45)c(-c2ccc(-c3ccc4ccc5cccc6ccc3c4c56)c3ccccc23)c1. The van der Waals surface area contributed by atoms with Crippen molar-refractivity contribution in [2.24, 2.45) is 0 Å². The molecule has 13 aromatic rings. The standard InChI is InChI=1S/C58H34/c1-2-9-42-34-43(23-18-35(42)8-1)44-16-7-17-50(58(44)53-31-27-41-22-20-37-11-6-13-39-26-30-52(53)57(41)55(37)39)49-33-32-47(45-14-3-4-15-46(45)49)48-28-24-40-21-19-36-10-5-12-38-25-29-51(48)56(40)54(36)38/h1-34H. The normalized spacial score (nSPS) is 12.1. The lowest BCUT2D eigenvalue weighted by molar-refractivity contribution is 1.60. The maximum Gasteiger partial charge on any atom is -0.00204 e. The molecule has 13 aromatic carbocycles. The van der Waals surface area contributed by atoms with Crippen LogP contribution in [0.25, 0.3) is 131 Å². The Morgan fingerprint density at radius 2 is 0.586 bits per heavy atom. The van der Waals surface area contributed by atoms with Gasteiger partial charge in [0.05, 0.1) is 0 Å². The summed E-state index contributed by atoms with van der Waals surface area (Å²) in [6.07, 6.45) is 0. The zero-order valence-corrected chi connectivity index (χ0v) is 31.6. The van der Waals surface area contributed by atoms with E-state index in [4.69, 9.17) is 0 Å². The van der Waals surface area contributed by atoms with Crippen LogP contribution in [-0.2, 0) is 0 Å². The molecule has 0 saturated heterocycles. The van der Waals surface area contributed by atoms with Gasteiger partial charge in [-0.2, -0.15) is 0 Å². The largest absolute Gasteiger partial charge is 0.0616 e. The third-order valence-electron chi connectivity index (χ3n) is 13.0. The highest BCUT2D eigenvalue weighted by Gasteiger charge is 2.21. The van der Waals surface area contributed by atoms with Crippen molar-refractivity contribution in [2.45, 2.75) is 0 Å². The topological polar surface area (TPSA) is 0 Å². The summed E-state index contributed by atoms with van der Waals surface area (Å²) in [7, 11) is 0. The lowest BCUT2D eigenvalue weighted by Crippen LogP contribution is -1.95. The van der Waals surface area contributed by atoms with Crippen LogP contribution in [0.1, 0.15) is 0 Å². The minimum absolute atomic E-state index is 1.22. The van der Waals surface area contributed by atoms with Crippen molar-refractivity contribution in [1.29, 1.82) is 0 Å². The monoisotopic (exact) mass is 730 g/mol. The van der Waals surface area contributed by atoms with Crippen LogP contribution < -0.4 is 0 Å². The first kappa shape index (κ1) is 31.6. The van der Waals surface area contributed by atoms with E-state index in [9.17, 15) is 0 Å². The van der Waals surface area contributed by atoms with Crippen LogP contribution in [0.4, 0.5) is 0 Å². The van der Waals surface area contributed by atoms with Crippen molar-refractivity contribution < 1.29 is 0 Å². The van der Waals surface area contributed by atoms with E-state index in [1.165, 1.54) is 131 Å². The van der Waals surface area contributed by atoms with Crippen LogP contribution >= 0.6 is 0 Å². The molecule has 0 heterocycles. The summed E-state index contributed by atoms with van der Waals surface area (Å²) < 4.78 is 0. The lowest BCUT2D eigenvalue weighted by atomic mass is 9.82. The molecule has 0 atom stereocenters. The summed E-state index contributed by atoms with van der Waals surface area (Å²) in [5.41, 5.74) is 9.96. The molecule has 0 amide bonds. The molecular weight excluding hydrogens is 697 g/mol. The van der Waals surface area contributed by atoms with Gasteiger partial charge in [0, 0.05) is 0 Å². The summed E-state index contributed by atoms with van der Waals surface area (Å²) in [4.78, 5) is 0. The first-order chi connectivity index (χ1) is 28.8. The van der Waals surface area contributed by atoms with Gasteiger partial charge in [-0.1, -0.05) is 200 Å². The Kier molecular flexibility index (Phi) is 6.54. The van der Waals surface area contributed by atoms with Crippen LogP contribution in [0.3, 0.4) is 0 Å². The molecule has 0 fully saturated rings. The highest BCUT2D eigenvalue weighted by molar-refractivity contribution is 6.28. The van der Waals surface area contributed by atoms with Crippen LogP contribution in [0.2, 0.25) is 0 Å². The highest BCUT2D eigenvalue weighted by atomic mass is 14.2. The van der Waals surface area contributed by atoms with E-state index in [2.05, 4.69) is 206 Å². The van der Waals surface area contributed by atoms with Gasteiger partial charge in [-0.15, -0.1) is 0 Å². The van der Waals surface area contributed by atoms with Crippen LogP contribution in [-0.4, -0.2) is 0 Å². The van der Waals surface area contributed by atoms with E-state index in [1.807, 2.05) is 0 Å². The van der Waals surface area contributed by atoms with Crippen molar-refractivity contribution in [3.63, 3.8) is 0 Å². The van der Waals surface area contributed by atoms with E-state index in [-0.39, 0.29) is 0 Å². The fraction of sp³-hybridized carbons (Fsp3) is 0. The molecule has 0 nitrogen and oxygen atoms in total. The van der Waals surface area contributed by atoms with Gasteiger partial charge in [-0.25, -0.2) is 0 Å².